The van der Waals surface area contributed by atoms with Gasteiger partial charge in [0.1, 0.15) is 17.0 Å². The van der Waals surface area contributed by atoms with Gasteiger partial charge >= 0.3 is 12.2 Å². The minimum atomic E-state index is -0.890. The molecule has 0 fully saturated rings. The molecule has 0 radical (unpaired) electrons. The Morgan fingerprint density at radius 3 is 2.21 bits per heavy atom. The average Bonchev–Trinajstić information content (AvgIpc) is 2.33. The van der Waals surface area contributed by atoms with Crippen molar-refractivity contribution in [3.63, 3.8) is 0 Å². The first-order valence-electron chi connectivity index (χ1n) is 7.44. The van der Waals surface area contributed by atoms with Crippen LogP contribution in [0.1, 0.15) is 47.1 Å². The van der Waals surface area contributed by atoms with Crippen molar-refractivity contribution in [2.24, 2.45) is 4.99 Å². The molecule has 5 nitrogen and oxygen atoms in total. The van der Waals surface area contributed by atoms with Crippen LogP contribution in [-0.4, -0.2) is 23.4 Å². The van der Waals surface area contributed by atoms with E-state index in [0.29, 0.717) is 0 Å². The van der Waals surface area contributed by atoms with Gasteiger partial charge in [-0.15, -0.1) is 0 Å². The lowest BCUT2D eigenvalue weighted by Crippen LogP contribution is -2.30. The molecule has 0 bridgehead atoms. The Bertz CT molecular complexity index is 618. The molecule has 1 aromatic rings. The maximum Gasteiger partial charge on any atom is 0.517 e. The lowest BCUT2D eigenvalue weighted by atomic mass is 10.2. The summed E-state index contributed by atoms with van der Waals surface area (Å²) in [6.07, 6.45) is -1.07. The maximum absolute atomic E-state index is 13.1. The van der Waals surface area contributed by atoms with Crippen molar-refractivity contribution in [2.75, 3.05) is 0 Å². The third kappa shape index (κ3) is 8.47. The van der Waals surface area contributed by atoms with Gasteiger partial charge < -0.3 is 14.2 Å². The zero-order valence-electron chi connectivity index (χ0n) is 14.8. The van der Waals surface area contributed by atoms with E-state index in [0.717, 1.165) is 9.13 Å². The van der Waals surface area contributed by atoms with Gasteiger partial charge in [-0.05, 0) is 81.8 Å². The number of hydrogen-bond acceptors (Lipinski definition) is 5. The number of carbonyl (C=O) groups is 1. The summed E-state index contributed by atoms with van der Waals surface area (Å²) in [5.41, 5.74) is -0.493. The van der Waals surface area contributed by atoms with Gasteiger partial charge in [0.15, 0.2) is 0 Å². The minimum absolute atomic E-state index is 0.183. The lowest BCUT2D eigenvalue weighted by molar-refractivity contribution is -0.00128. The van der Waals surface area contributed by atoms with Crippen molar-refractivity contribution < 1.29 is 23.4 Å². The number of rotatable bonds is 2. The Hall–Kier alpha value is -1.38. The monoisotopic (exact) mass is 451 g/mol. The van der Waals surface area contributed by atoms with E-state index in [2.05, 4.69) is 4.99 Å². The van der Waals surface area contributed by atoms with Crippen LogP contribution in [-0.2, 0) is 20.8 Å². The molecular formula is C17H23FINO4. The molecule has 7 heteroatoms. The summed E-state index contributed by atoms with van der Waals surface area (Å²) in [4.78, 5) is 16.0. The molecule has 0 aromatic heterocycles. The summed E-state index contributed by atoms with van der Waals surface area (Å²) in [5.74, 6) is -0.316. The number of nitrogens with zero attached hydrogens (tertiary/aromatic N) is 1. The fourth-order valence-electron chi connectivity index (χ4n) is 1.49. The van der Waals surface area contributed by atoms with Crippen LogP contribution in [0.4, 0.5) is 9.18 Å². The van der Waals surface area contributed by atoms with Crippen LogP contribution in [0.25, 0.3) is 0 Å². The Morgan fingerprint density at radius 1 is 1.12 bits per heavy atom. The van der Waals surface area contributed by atoms with E-state index in [1.807, 2.05) is 43.4 Å². The standard InChI is InChI=1S/C17H23FINO4/c1-16(2,3)23-14(22-15(21)24-17(4,5)6)20-10-11-7-8-12(18)9-13(11)19/h7-9H,10H2,1-6H3. The molecule has 0 spiro atoms. The predicted octanol–water partition coefficient (Wildman–Crippen LogP) is 5.05. The quantitative estimate of drug-likeness (QED) is 0.273. The van der Waals surface area contributed by atoms with Gasteiger partial charge in [-0.25, -0.2) is 14.2 Å². The summed E-state index contributed by atoms with van der Waals surface area (Å²) < 4.78 is 29.6. The largest absolute Gasteiger partial charge is 0.517 e. The maximum atomic E-state index is 13.1. The van der Waals surface area contributed by atoms with E-state index < -0.39 is 17.4 Å². The van der Waals surface area contributed by atoms with Crippen molar-refractivity contribution in [3.05, 3.63) is 33.1 Å². The Balaban J connectivity index is 2.90. The van der Waals surface area contributed by atoms with Crippen LogP contribution >= 0.6 is 22.6 Å². The zero-order chi connectivity index (χ0) is 18.5. The number of carbonyl (C=O) groups excluding carboxylic acids is 1. The topological polar surface area (TPSA) is 57.1 Å². The fourth-order valence-corrected chi connectivity index (χ4v) is 2.14. The van der Waals surface area contributed by atoms with Crippen LogP contribution in [0.3, 0.4) is 0 Å². The fraction of sp³-hybridized carbons (Fsp3) is 0.529. The molecule has 0 N–H and O–H groups in total. The van der Waals surface area contributed by atoms with Gasteiger partial charge in [0.25, 0.3) is 0 Å². The van der Waals surface area contributed by atoms with Crippen molar-refractivity contribution in [2.45, 2.75) is 59.3 Å². The number of aliphatic imine (C=N–C) groups is 1. The molecule has 24 heavy (non-hydrogen) atoms. The number of halogens is 2. The molecule has 0 amide bonds. The van der Waals surface area contributed by atoms with Crippen molar-refractivity contribution in [1.82, 2.24) is 0 Å². The molecule has 0 aliphatic heterocycles. The molecule has 0 aliphatic carbocycles. The van der Waals surface area contributed by atoms with E-state index in [1.54, 1.807) is 26.8 Å². The van der Waals surface area contributed by atoms with Crippen LogP contribution in [0.15, 0.2) is 23.2 Å². The van der Waals surface area contributed by atoms with Gasteiger partial charge in [-0.2, -0.15) is 0 Å². The second kappa shape index (κ2) is 8.13. The molecule has 1 aromatic carbocycles. The van der Waals surface area contributed by atoms with E-state index >= 15 is 0 Å². The Morgan fingerprint density at radius 2 is 1.71 bits per heavy atom. The van der Waals surface area contributed by atoms with Gasteiger partial charge in [-0.3, -0.25) is 0 Å². The molecule has 0 saturated carbocycles. The first-order valence-corrected chi connectivity index (χ1v) is 8.52. The van der Waals surface area contributed by atoms with Crippen LogP contribution in [0, 0.1) is 9.39 Å². The molecule has 0 unspecified atom stereocenters. The zero-order valence-corrected chi connectivity index (χ0v) is 16.9. The van der Waals surface area contributed by atoms with Gasteiger partial charge in [0.05, 0.1) is 6.54 Å². The smallest absolute Gasteiger partial charge is 0.445 e. The lowest BCUT2D eigenvalue weighted by Gasteiger charge is -2.23. The van der Waals surface area contributed by atoms with Crippen molar-refractivity contribution in [1.29, 1.82) is 0 Å². The summed E-state index contributed by atoms with van der Waals surface area (Å²) >= 11 is 2.02. The van der Waals surface area contributed by atoms with Crippen molar-refractivity contribution >= 4 is 34.8 Å². The molecule has 0 aliphatic rings. The van der Waals surface area contributed by atoms with E-state index in [9.17, 15) is 9.18 Å². The summed E-state index contributed by atoms with van der Waals surface area (Å²) in [7, 11) is 0. The third-order valence-corrected chi connectivity index (χ3v) is 3.35. The number of ether oxygens (including phenoxy) is 3. The first kappa shape index (κ1) is 20.7. The normalized spacial score (nSPS) is 12.8. The average molecular weight is 451 g/mol. The second-order valence-corrected chi connectivity index (χ2v) is 8.26. The highest BCUT2D eigenvalue weighted by molar-refractivity contribution is 14.1. The summed E-state index contributed by atoms with van der Waals surface area (Å²) in [5, 5.41) is 0. The Labute approximate surface area is 155 Å². The Kier molecular flexibility index (Phi) is 7.00. The molecular weight excluding hydrogens is 428 g/mol. The molecule has 0 saturated heterocycles. The SMILES string of the molecule is CC(C)(C)OC(=O)OC(=NCc1ccc(F)cc1I)OC(C)(C)C. The molecule has 0 heterocycles. The van der Waals surface area contributed by atoms with Crippen molar-refractivity contribution in [3.8, 4) is 0 Å². The minimum Gasteiger partial charge on any atom is -0.445 e. The van der Waals surface area contributed by atoms with Gasteiger partial charge in [-0.1, -0.05) is 6.07 Å². The summed E-state index contributed by atoms with van der Waals surface area (Å²) in [6, 6.07) is 4.39. The highest BCUT2D eigenvalue weighted by atomic mass is 127. The second-order valence-electron chi connectivity index (χ2n) is 7.10. The van der Waals surface area contributed by atoms with Crippen LogP contribution < -0.4 is 0 Å². The number of hydrogen-bond donors (Lipinski definition) is 0. The molecule has 134 valence electrons. The van der Waals surface area contributed by atoms with Gasteiger partial charge in [0, 0.05) is 3.57 Å². The van der Waals surface area contributed by atoms with E-state index in [4.69, 9.17) is 14.2 Å². The first-order chi connectivity index (χ1) is 10.9. The molecule has 0 atom stereocenters. The third-order valence-electron chi connectivity index (χ3n) is 2.35. The highest BCUT2D eigenvalue weighted by Gasteiger charge is 2.23. The van der Waals surface area contributed by atoms with E-state index in [-0.39, 0.29) is 18.4 Å². The summed E-state index contributed by atoms with van der Waals surface area (Å²) in [6.45, 7) is 10.8. The van der Waals surface area contributed by atoms with Crippen LogP contribution in [0.2, 0.25) is 0 Å². The number of benzene rings is 1. The van der Waals surface area contributed by atoms with E-state index in [1.165, 1.54) is 12.1 Å². The van der Waals surface area contributed by atoms with Gasteiger partial charge in [0.2, 0.25) is 0 Å². The van der Waals surface area contributed by atoms with Crippen LogP contribution in [0.5, 0.6) is 0 Å². The predicted molar refractivity (Wildman–Crippen MR) is 98.4 cm³/mol. The molecule has 1 rings (SSSR count). The highest BCUT2D eigenvalue weighted by Crippen LogP contribution is 2.17.